The van der Waals surface area contributed by atoms with E-state index in [-0.39, 0.29) is 11.3 Å². The molecule has 6 N–H and O–H groups in total. The molecule has 1 aliphatic rings. The number of benzene rings is 1. The summed E-state index contributed by atoms with van der Waals surface area (Å²) >= 11 is 0. The summed E-state index contributed by atoms with van der Waals surface area (Å²) in [6.45, 7) is 5.45. The number of carbonyl (C=O) groups is 2. The molecule has 1 heterocycles. The Morgan fingerprint density at radius 2 is 1.94 bits per heavy atom. The van der Waals surface area contributed by atoms with Crippen LogP contribution in [0.1, 0.15) is 27.7 Å². The third-order valence-electron chi connectivity index (χ3n) is 5.02. The van der Waals surface area contributed by atoms with Gasteiger partial charge in [-0.05, 0) is 39.8 Å². The lowest BCUT2D eigenvalue weighted by molar-refractivity contribution is -0.149. The minimum absolute atomic E-state index is 0.127. The number of para-hydroxylation sites is 1. The molecule has 1 fully saturated rings. The van der Waals surface area contributed by atoms with Crippen LogP contribution in [0, 0.1) is 12.3 Å². The molecule has 36 heavy (non-hydrogen) atoms. The molecule has 1 aliphatic heterocycles. The van der Waals surface area contributed by atoms with Crippen LogP contribution in [0.2, 0.25) is 0 Å². The topological polar surface area (TPSA) is 179 Å². The number of terminal acetylenes is 1. The van der Waals surface area contributed by atoms with Crippen molar-refractivity contribution in [3.8, 4) is 18.1 Å². The van der Waals surface area contributed by atoms with Crippen LogP contribution in [0.5, 0.6) is 5.75 Å². The van der Waals surface area contributed by atoms with Gasteiger partial charge in [0, 0.05) is 11.8 Å². The molecule has 1 aromatic carbocycles. The molecule has 0 bridgehead atoms. The van der Waals surface area contributed by atoms with Crippen LogP contribution in [0.25, 0.3) is 0 Å². The second kappa shape index (κ2) is 12.4. The minimum Gasteiger partial charge on any atom is -0.462 e. The van der Waals surface area contributed by atoms with Crippen LogP contribution in [0.3, 0.4) is 0 Å². The molecule has 13 heteroatoms. The van der Waals surface area contributed by atoms with Gasteiger partial charge in [0.1, 0.15) is 30.6 Å². The summed E-state index contributed by atoms with van der Waals surface area (Å²) in [5.41, 5.74) is 3.33. The second-order valence-corrected chi connectivity index (χ2v) is 10.1. The molecule has 1 saturated heterocycles. The number of aliphatic hydroxyl groups excluding tert-OH is 2. The highest BCUT2D eigenvalue weighted by molar-refractivity contribution is 7.52. The standard InChI is InChI=1S/C23H32N3O9P/c1-6-23(19(28)18(27)21(34-23)25-12-15(4)20(24)29)13-32-36(31,35-17-10-8-7-9-11-17)26-16(5)22(30)33-14(2)3/h1,7-12,14,16,18-19,21,25,27-28H,13H2,2-5H3,(H2,24,29)(H,26,31)/b15-12-/t16-,18?,19?,21+,23+,36?/m0/s1. The zero-order valence-electron chi connectivity index (χ0n) is 20.4. The van der Waals surface area contributed by atoms with Crippen molar-refractivity contribution in [1.82, 2.24) is 10.4 Å². The molecule has 0 aromatic heterocycles. The molecule has 3 unspecified atom stereocenters. The smallest absolute Gasteiger partial charge is 0.459 e. The van der Waals surface area contributed by atoms with Gasteiger partial charge >= 0.3 is 13.7 Å². The van der Waals surface area contributed by atoms with Crippen molar-refractivity contribution in [2.75, 3.05) is 6.61 Å². The maximum absolute atomic E-state index is 13.6. The van der Waals surface area contributed by atoms with E-state index < -0.39 is 62.4 Å². The summed E-state index contributed by atoms with van der Waals surface area (Å²) in [6.07, 6.45) is 1.90. The first kappa shape index (κ1) is 29.3. The van der Waals surface area contributed by atoms with Crippen LogP contribution in [0.15, 0.2) is 42.1 Å². The van der Waals surface area contributed by atoms with Crippen molar-refractivity contribution in [2.45, 2.75) is 63.9 Å². The number of nitrogens with two attached hydrogens (primary N) is 1. The van der Waals surface area contributed by atoms with Crippen molar-refractivity contribution in [2.24, 2.45) is 5.73 Å². The summed E-state index contributed by atoms with van der Waals surface area (Å²) in [7, 11) is -4.33. The lowest BCUT2D eigenvalue weighted by atomic mass is 9.97. The number of amides is 1. The van der Waals surface area contributed by atoms with Gasteiger partial charge in [0.2, 0.25) is 5.91 Å². The Morgan fingerprint density at radius 3 is 2.50 bits per heavy atom. The SMILES string of the molecule is C#C[C@]1(COP(=O)(N[C@@H](C)C(=O)OC(C)C)Oc2ccccc2)O[C@@H](N/C=C(/C)C(N)=O)C(O)C1O. The molecule has 6 atom stereocenters. The van der Waals surface area contributed by atoms with Crippen LogP contribution < -0.4 is 20.7 Å². The molecule has 0 radical (unpaired) electrons. The van der Waals surface area contributed by atoms with Crippen molar-refractivity contribution in [3.63, 3.8) is 0 Å². The van der Waals surface area contributed by atoms with Gasteiger partial charge in [0.15, 0.2) is 11.8 Å². The molecule has 0 saturated carbocycles. The van der Waals surface area contributed by atoms with Crippen LogP contribution in [-0.4, -0.2) is 64.9 Å². The largest absolute Gasteiger partial charge is 0.462 e. The first-order valence-electron chi connectivity index (χ1n) is 11.0. The third kappa shape index (κ3) is 7.54. The molecular formula is C23H32N3O9P. The van der Waals surface area contributed by atoms with Crippen molar-refractivity contribution >= 4 is 19.6 Å². The number of nitrogens with one attached hydrogen (secondary N) is 2. The van der Waals surface area contributed by atoms with Crippen molar-refractivity contribution in [3.05, 3.63) is 42.1 Å². The van der Waals surface area contributed by atoms with Gasteiger partial charge in [0.05, 0.1) is 6.10 Å². The second-order valence-electron chi connectivity index (χ2n) is 8.38. The van der Waals surface area contributed by atoms with Crippen LogP contribution in [0.4, 0.5) is 0 Å². The molecule has 12 nitrogen and oxygen atoms in total. The number of primary amides is 1. The monoisotopic (exact) mass is 525 g/mol. The highest BCUT2D eigenvalue weighted by Crippen LogP contribution is 2.47. The number of esters is 1. The van der Waals surface area contributed by atoms with E-state index in [1.54, 1.807) is 32.0 Å². The van der Waals surface area contributed by atoms with Gasteiger partial charge in [-0.2, -0.15) is 5.09 Å². The van der Waals surface area contributed by atoms with Gasteiger partial charge < -0.3 is 35.3 Å². The van der Waals surface area contributed by atoms with E-state index in [1.165, 1.54) is 32.2 Å². The quantitative estimate of drug-likeness (QED) is 0.111. The van der Waals surface area contributed by atoms with E-state index in [2.05, 4.69) is 16.3 Å². The fourth-order valence-corrected chi connectivity index (χ4v) is 4.53. The van der Waals surface area contributed by atoms with E-state index >= 15 is 0 Å². The molecule has 198 valence electrons. The lowest BCUT2D eigenvalue weighted by Crippen LogP contribution is -2.46. The number of ether oxygens (including phenoxy) is 2. The van der Waals surface area contributed by atoms with E-state index in [0.29, 0.717) is 0 Å². The van der Waals surface area contributed by atoms with E-state index in [4.69, 9.17) is 30.7 Å². The number of hydrogen-bond acceptors (Lipinski definition) is 10. The average Bonchev–Trinajstić information content (AvgIpc) is 3.06. The van der Waals surface area contributed by atoms with Crippen LogP contribution in [-0.2, 0) is 28.2 Å². The van der Waals surface area contributed by atoms with Crippen molar-refractivity contribution in [1.29, 1.82) is 0 Å². The summed E-state index contributed by atoms with van der Waals surface area (Å²) in [5.74, 6) is 0.976. The van der Waals surface area contributed by atoms with Crippen molar-refractivity contribution < 1.29 is 42.9 Å². The average molecular weight is 525 g/mol. The summed E-state index contributed by atoms with van der Waals surface area (Å²) in [4.78, 5) is 23.5. The number of aliphatic hydroxyl groups is 2. The van der Waals surface area contributed by atoms with E-state index in [9.17, 15) is 24.4 Å². The Bertz CT molecular complexity index is 1040. The first-order chi connectivity index (χ1) is 16.8. The predicted molar refractivity (Wildman–Crippen MR) is 129 cm³/mol. The third-order valence-corrected chi connectivity index (χ3v) is 6.64. The maximum Gasteiger partial charge on any atom is 0.459 e. The molecular weight excluding hydrogens is 493 g/mol. The summed E-state index contributed by atoms with van der Waals surface area (Å²) in [5, 5.41) is 26.2. The Hall–Kier alpha value is -2.91. The zero-order chi connectivity index (χ0) is 27.1. The van der Waals surface area contributed by atoms with Gasteiger partial charge in [0.25, 0.3) is 0 Å². The molecule has 0 aliphatic carbocycles. The summed E-state index contributed by atoms with van der Waals surface area (Å²) < 4.78 is 35.5. The van der Waals surface area contributed by atoms with E-state index in [0.717, 1.165) is 0 Å². The maximum atomic E-state index is 13.6. The summed E-state index contributed by atoms with van der Waals surface area (Å²) in [6, 6.07) is 6.91. The first-order valence-corrected chi connectivity index (χ1v) is 12.6. The number of rotatable bonds is 12. The number of carbonyl (C=O) groups excluding carboxylic acids is 2. The molecule has 1 amide bonds. The molecule has 2 rings (SSSR count). The van der Waals surface area contributed by atoms with Gasteiger partial charge in [-0.3, -0.25) is 14.1 Å². The Labute approximate surface area is 209 Å². The highest BCUT2D eigenvalue weighted by atomic mass is 31.2. The Balaban J connectivity index is 2.24. The van der Waals surface area contributed by atoms with Gasteiger partial charge in [-0.25, -0.2) is 4.57 Å². The number of hydrogen-bond donors (Lipinski definition) is 5. The van der Waals surface area contributed by atoms with Crippen LogP contribution >= 0.6 is 7.75 Å². The molecule has 0 spiro atoms. The fourth-order valence-electron chi connectivity index (χ4n) is 3.01. The van der Waals surface area contributed by atoms with Gasteiger partial charge in [-0.1, -0.05) is 24.1 Å². The van der Waals surface area contributed by atoms with Gasteiger partial charge in [-0.15, -0.1) is 6.42 Å². The molecule has 1 aromatic rings. The minimum atomic E-state index is -4.33. The highest BCUT2D eigenvalue weighted by Gasteiger charge is 2.55. The predicted octanol–water partition coefficient (Wildman–Crippen LogP) is 0.549. The Morgan fingerprint density at radius 1 is 1.31 bits per heavy atom. The Kier molecular flexibility index (Phi) is 10.1. The van der Waals surface area contributed by atoms with E-state index in [1.807, 2.05) is 0 Å². The zero-order valence-corrected chi connectivity index (χ0v) is 21.3. The normalized spacial score (nSPS) is 26.5. The fraction of sp³-hybridized carbons (Fsp3) is 0.478. The lowest BCUT2D eigenvalue weighted by Gasteiger charge is -2.29.